The summed E-state index contributed by atoms with van der Waals surface area (Å²) in [6.45, 7) is 0. The van der Waals surface area contributed by atoms with Gasteiger partial charge in [0.15, 0.2) is 10.8 Å². The van der Waals surface area contributed by atoms with Gasteiger partial charge in [-0.15, -0.1) is 10.2 Å². The molecule has 20 heavy (non-hydrogen) atoms. The van der Waals surface area contributed by atoms with Crippen molar-refractivity contribution in [2.24, 2.45) is 0 Å². The number of rotatable bonds is 3. The molecular formula is C13H8Cl2FN3S. The van der Waals surface area contributed by atoms with Crippen LogP contribution < -0.4 is 0 Å². The van der Waals surface area contributed by atoms with Crippen molar-refractivity contribution in [1.29, 1.82) is 0 Å². The summed E-state index contributed by atoms with van der Waals surface area (Å²) in [5, 5.41) is 9.78. The maximum absolute atomic E-state index is 12.8. The van der Waals surface area contributed by atoms with Crippen molar-refractivity contribution in [3.05, 3.63) is 58.0 Å². The van der Waals surface area contributed by atoms with Crippen LogP contribution >= 0.6 is 35.0 Å². The summed E-state index contributed by atoms with van der Waals surface area (Å²) < 4.78 is 14.6. The lowest BCUT2D eigenvalue weighted by Crippen LogP contribution is -1.89. The molecular weight excluding hydrogens is 320 g/mol. The first-order valence-electron chi connectivity index (χ1n) is 5.70. The monoisotopic (exact) mass is 327 g/mol. The molecule has 102 valence electrons. The number of nitrogens with zero attached hydrogens (tertiary/aromatic N) is 3. The van der Waals surface area contributed by atoms with E-state index >= 15 is 0 Å². The van der Waals surface area contributed by atoms with Crippen LogP contribution in [0.15, 0.2) is 41.7 Å². The molecule has 0 N–H and O–H groups in total. The number of hydrogen-bond acceptors (Lipinski definition) is 3. The zero-order valence-electron chi connectivity index (χ0n) is 10.1. The van der Waals surface area contributed by atoms with Crippen LogP contribution in [0.1, 0.15) is 5.56 Å². The molecule has 0 saturated carbocycles. The van der Waals surface area contributed by atoms with E-state index in [1.54, 1.807) is 28.8 Å². The topological polar surface area (TPSA) is 30.2 Å². The number of halogens is 3. The van der Waals surface area contributed by atoms with E-state index < -0.39 is 0 Å². The van der Waals surface area contributed by atoms with Crippen molar-refractivity contribution in [3.8, 4) is 0 Å². The predicted molar refractivity (Wildman–Crippen MR) is 79.0 cm³/mol. The highest BCUT2D eigenvalue weighted by Gasteiger charge is 2.10. The second kappa shape index (κ2) is 5.60. The molecule has 7 heteroatoms. The molecule has 0 aliphatic rings. The molecule has 3 aromatic rings. The summed E-state index contributed by atoms with van der Waals surface area (Å²) in [6, 6.07) is 7.98. The number of thioether (sulfide) groups is 1. The third kappa shape index (κ3) is 2.75. The van der Waals surface area contributed by atoms with E-state index in [1.165, 1.54) is 23.9 Å². The van der Waals surface area contributed by atoms with Gasteiger partial charge >= 0.3 is 0 Å². The lowest BCUT2D eigenvalue weighted by atomic mass is 10.2. The van der Waals surface area contributed by atoms with Gasteiger partial charge in [-0.05, 0) is 23.8 Å². The van der Waals surface area contributed by atoms with Gasteiger partial charge in [0.25, 0.3) is 0 Å². The summed E-state index contributed by atoms with van der Waals surface area (Å²) in [4.78, 5) is 0. The molecule has 0 aliphatic carbocycles. The average Bonchev–Trinajstić information content (AvgIpc) is 2.81. The molecule has 0 saturated heterocycles. The Hall–Kier alpha value is -1.30. The molecule has 0 unspecified atom stereocenters. The molecule has 0 aliphatic heterocycles. The number of fused-ring (bicyclic) bond motifs is 1. The molecule has 0 amide bonds. The van der Waals surface area contributed by atoms with E-state index in [4.69, 9.17) is 23.2 Å². The molecule has 0 atom stereocenters. The lowest BCUT2D eigenvalue weighted by Gasteiger charge is -2.02. The highest BCUT2D eigenvalue weighted by atomic mass is 35.5. The maximum Gasteiger partial charge on any atom is 0.196 e. The first kappa shape index (κ1) is 13.7. The second-order valence-electron chi connectivity index (χ2n) is 4.10. The van der Waals surface area contributed by atoms with Crippen molar-refractivity contribution < 1.29 is 4.39 Å². The first-order chi connectivity index (χ1) is 9.63. The van der Waals surface area contributed by atoms with Gasteiger partial charge in [-0.3, -0.25) is 4.40 Å². The summed E-state index contributed by atoms with van der Waals surface area (Å²) in [6.07, 6.45) is 1.72. The Kier molecular flexibility index (Phi) is 3.83. The Morgan fingerprint density at radius 1 is 1.15 bits per heavy atom. The van der Waals surface area contributed by atoms with Crippen molar-refractivity contribution in [2.75, 3.05) is 0 Å². The fourth-order valence-electron chi connectivity index (χ4n) is 1.73. The van der Waals surface area contributed by atoms with Gasteiger partial charge in [-0.2, -0.15) is 0 Å². The van der Waals surface area contributed by atoms with Crippen LogP contribution in [0.5, 0.6) is 0 Å². The van der Waals surface area contributed by atoms with Gasteiger partial charge in [0.1, 0.15) is 5.82 Å². The fraction of sp³-hybridized carbons (Fsp3) is 0.0769. The molecule has 1 aromatic carbocycles. The smallest absolute Gasteiger partial charge is 0.196 e. The van der Waals surface area contributed by atoms with Gasteiger partial charge < -0.3 is 0 Å². The van der Waals surface area contributed by atoms with E-state index in [2.05, 4.69) is 10.2 Å². The van der Waals surface area contributed by atoms with Crippen LogP contribution in [0.4, 0.5) is 4.39 Å². The van der Waals surface area contributed by atoms with E-state index in [1.807, 2.05) is 0 Å². The van der Waals surface area contributed by atoms with Crippen LogP contribution in [-0.2, 0) is 5.75 Å². The van der Waals surface area contributed by atoms with Crippen molar-refractivity contribution in [3.63, 3.8) is 0 Å². The van der Waals surface area contributed by atoms with Crippen LogP contribution in [0.2, 0.25) is 10.0 Å². The standard InChI is InChI=1S/C13H8Cl2FN3S/c14-9-5-11(15)12-17-18-13(19(12)6-9)20-7-8-1-3-10(16)4-2-8/h1-6H,7H2. The van der Waals surface area contributed by atoms with E-state index in [0.29, 0.717) is 26.6 Å². The van der Waals surface area contributed by atoms with Gasteiger partial charge in [-0.25, -0.2) is 4.39 Å². The molecule has 2 heterocycles. The van der Waals surface area contributed by atoms with E-state index in [9.17, 15) is 4.39 Å². The Balaban J connectivity index is 1.86. The average molecular weight is 328 g/mol. The van der Waals surface area contributed by atoms with Crippen LogP contribution in [0.25, 0.3) is 5.65 Å². The third-order valence-corrected chi connectivity index (χ3v) is 4.18. The van der Waals surface area contributed by atoms with Gasteiger partial charge in [0.05, 0.1) is 10.0 Å². The normalized spacial score (nSPS) is 11.2. The number of pyridine rings is 1. The minimum Gasteiger partial charge on any atom is -0.275 e. The molecule has 0 radical (unpaired) electrons. The molecule has 0 fully saturated rings. The number of benzene rings is 1. The molecule has 0 spiro atoms. The highest BCUT2D eigenvalue weighted by molar-refractivity contribution is 7.98. The van der Waals surface area contributed by atoms with Crippen LogP contribution in [0, 0.1) is 5.82 Å². The Labute approximate surface area is 128 Å². The van der Waals surface area contributed by atoms with Crippen molar-refractivity contribution >= 4 is 40.6 Å². The van der Waals surface area contributed by atoms with Crippen LogP contribution in [0.3, 0.4) is 0 Å². The first-order valence-corrected chi connectivity index (χ1v) is 7.44. The third-order valence-electron chi connectivity index (χ3n) is 2.68. The molecule has 3 rings (SSSR count). The lowest BCUT2D eigenvalue weighted by molar-refractivity contribution is 0.627. The maximum atomic E-state index is 12.8. The number of hydrogen-bond donors (Lipinski definition) is 0. The number of aromatic nitrogens is 3. The second-order valence-corrected chi connectivity index (χ2v) is 5.88. The quantitative estimate of drug-likeness (QED) is 0.665. The van der Waals surface area contributed by atoms with Crippen molar-refractivity contribution in [1.82, 2.24) is 14.6 Å². The van der Waals surface area contributed by atoms with E-state index in [0.717, 1.165) is 5.56 Å². The minimum atomic E-state index is -0.245. The molecule has 0 bridgehead atoms. The fourth-order valence-corrected chi connectivity index (χ4v) is 3.10. The SMILES string of the molecule is Fc1ccc(CSc2nnc3c(Cl)cc(Cl)cn23)cc1. The molecule has 2 aromatic heterocycles. The Bertz CT molecular complexity index is 758. The summed E-state index contributed by atoms with van der Waals surface area (Å²) >= 11 is 13.5. The minimum absolute atomic E-state index is 0.245. The Morgan fingerprint density at radius 2 is 1.90 bits per heavy atom. The van der Waals surface area contributed by atoms with Gasteiger partial charge in [-0.1, -0.05) is 47.1 Å². The zero-order valence-corrected chi connectivity index (χ0v) is 12.4. The van der Waals surface area contributed by atoms with Crippen molar-refractivity contribution in [2.45, 2.75) is 10.9 Å². The van der Waals surface area contributed by atoms with Gasteiger partial charge in [0, 0.05) is 11.9 Å². The van der Waals surface area contributed by atoms with Crippen LogP contribution in [-0.4, -0.2) is 14.6 Å². The Morgan fingerprint density at radius 3 is 2.65 bits per heavy atom. The van der Waals surface area contributed by atoms with E-state index in [-0.39, 0.29) is 5.82 Å². The van der Waals surface area contributed by atoms with Gasteiger partial charge in [0.2, 0.25) is 0 Å². The summed E-state index contributed by atoms with van der Waals surface area (Å²) in [7, 11) is 0. The highest BCUT2D eigenvalue weighted by Crippen LogP contribution is 2.27. The zero-order chi connectivity index (χ0) is 14.1. The largest absolute Gasteiger partial charge is 0.275 e. The summed E-state index contributed by atoms with van der Waals surface area (Å²) in [5.41, 5.74) is 1.57. The summed E-state index contributed by atoms with van der Waals surface area (Å²) in [5.74, 6) is 0.413. The predicted octanol–water partition coefficient (Wildman–Crippen LogP) is 4.47. The molecule has 3 nitrogen and oxygen atoms in total.